The van der Waals surface area contributed by atoms with Crippen LogP contribution in [0.1, 0.15) is 44.9 Å². The maximum absolute atomic E-state index is 11.4. The van der Waals surface area contributed by atoms with Gasteiger partial charge in [-0.15, -0.1) is 0 Å². The van der Waals surface area contributed by atoms with Gasteiger partial charge >= 0.3 is 6.09 Å². The first-order valence-electron chi connectivity index (χ1n) is 6.02. The van der Waals surface area contributed by atoms with Gasteiger partial charge in [0.25, 0.3) is 0 Å². The zero-order valence-electron chi connectivity index (χ0n) is 11.5. The van der Waals surface area contributed by atoms with Gasteiger partial charge in [-0.05, 0) is 38.8 Å². The topological polar surface area (TPSA) is 40.5 Å². The molecule has 3 heteroatoms. The van der Waals surface area contributed by atoms with E-state index in [0.717, 1.165) is 11.1 Å². The molecule has 1 aromatic rings. The smallest absolute Gasteiger partial charge is 0.408 e. The monoisotopic (exact) mass is 247 g/mol. The average Bonchev–Trinajstić information content (AvgIpc) is 2.26. The number of rotatable bonds is 3. The van der Waals surface area contributed by atoms with Crippen molar-refractivity contribution in [3.8, 4) is 0 Å². The molecule has 1 aromatic carbocycles. The lowest BCUT2D eigenvalue weighted by molar-refractivity contribution is 0.0753. The molecule has 0 bridgehead atoms. The van der Waals surface area contributed by atoms with Gasteiger partial charge in [0.2, 0.25) is 0 Å². The minimum atomic E-state index is -0.900. The summed E-state index contributed by atoms with van der Waals surface area (Å²) in [5.74, 6) is 0. The summed E-state index contributed by atoms with van der Waals surface area (Å²) in [4.78, 5) is 12.9. The third-order valence-corrected chi connectivity index (χ3v) is 2.97. The lowest BCUT2D eigenvalue weighted by Crippen LogP contribution is -2.46. The first-order valence-corrected chi connectivity index (χ1v) is 6.02. The summed E-state index contributed by atoms with van der Waals surface area (Å²) in [5.41, 5.74) is 1.59. The van der Waals surface area contributed by atoms with Gasteiger partial charge < -0.3 is 5.11 Å². The van der Waals surface area contributed by atoms with E-state index in [1.807, 2.05) is 52.0 Å². The molecule has 0 aliphatic rings. The van der Waals surface area contributed by atoms with E-state index in [1.54, 1.807) is 6.08 Å². The Hall–Kier alpha value is -1.77. The van der Waals surface area contributed by atoms with Gasteiger partial charge in [0, 0.05) is 5.54 Å². The van der Waals surface area contributed by atoms with Crippen molar-refractivity contribution in [3.63, 3.8) is 0 Å². The van der Waals surface area contributed by atoms with Crippen LogP contribution in [0.2, 0.25) is 0 Å². The highest BCUT2D eigenvalue weighted by atomic mass is 16.4. The molecule has 3 nitrogen and oxygen atoms in total. The van der Waals surface area contributed by atoms with Gasteiger partial charge in [-0.1, -0.05) is 36.9 Å². The van der Waals surface area contributed by atoms with Crippen LogP contribution in [0, 0.1) is 0 Å². The van der Waals surface area contributed by atoms with Crippen molar-refractivity contribution in [2.24, 2.45) is 0 Å². The van der Waals surface area contributed by atoms with E-state index in [2.05, 4.69) is 6.58 Å². The molecule has 18 heavy (non-hydrogen) atoms. The Morgan fingerprint density at radius 2 is 1.83 bits per heavy atom. The Morgan fingerprint density at radius 3 is 2.17 bits per heavy atom. The Kier molecular flexibility index (Phi) is 4.17. The van der Waals surface area contributed by atoms with Crippen molar-refractivity contribution in [1.82, 2.24) is 4.90 Å². The summed E-state index contributed by atoms with van der Waals surface area (Å²) < 4.78 is 0. The van der Waals surface area contributed by atoms with Crippen LogP contribution in [0.15, 0.2) is 30.8 Å². The summed E-state index contributed by atoms with van der Waals surface area (Å²) in [7, 11) is 0. The molecule has 0 aliphatic carbocycles. The minimum Gasteiger partial charge on any atom is -0.465 e. The molecule has 1 rings (SSSR count). The third-order valence-electron chi connectivity index (χ3n) is 2.97. The van der Waals surface area contributed by atoms with E-state index < -0.39 is 11.6 Å². The van der Waals surface area contributed by atoms with E-state index >= 15 is 0 Å². The van der Waals surface area contributed by atoms with E-state index in [-0.39, 0.29) is 6.04 Å². The third kappa shape index (κ3) is 3.13. The van der Waals surface area contributed by atoms with Gasteiger partial charge in [0.15, 0.2) is 0 Å². The number of amides is 1. The Bertz CT molecular complexity index is 429. The lowest BCUT2D eigenvalue weighted by atomic mass is 9.99. The van der Waals surface area contributed by atoms with Gasteiger partial charge in [0.1, 0.15) is 0 Å². The van der Waals surface area contributed by atoms with Crippen LogP contribution in [0.3, 0.4) is 0 Å². The summed E-state index contributed by atoms with van der Waals surface area (Å²) in [6.45, 7) is 11.3. The van der Waals surface area contributed by atoms with Crippen molar-refractivity contribution in [2.45, 2.75) is 39.3 Å². The number of hydrogen-bond acceptors (Lipinski definition) is 1. The molecule has 0 radical (unpaired) electrons. The molecule has 0 aromatic heterocycles. The van der Waals surface area contributed by atoms with E-state index in [0.29, 0.717) is 0 Å². The molecule has 0 aliphatic heterocycles. The Morgan fingerprint density at radius 1 is 1.33 bits per heavy atom. The van der Waals surface area contributed by atoms with Crippen LogP contribution in [0.4, 0.5) is 4.79 Å². The van der Waals surface area contributed by atoms with Crippen molar-refractivity contribution in [1.29, 1.82) is 0 Å². The fourth-order valence-electron chi connectivity index (χ4n) is 2.09. The standard InChI is InChI=1S/C15H21NO2/c1-6-12-7-9-13(10-8-12)11(2)16(14(17)18)15(3,4)5/h6-11H,1H2,2-5H3,(H,17,18)/t11-/m0/s1. The molecule has 0 spiro atoms. The second-order valence-electron chi connectivity index (χ2n) is 5.37. The lowest BCUT2D eigenvalue weighted by Gasteiger charge is -2.38. The normalized spacial score (nSPS) is 12.9. The maximum atomic E-state index is 11.4. The molecule has 1 amide bonds. The number of benzene rings is 1. The van der Waals surface area contributed by atoms with E-state index in [4.69, 9.17) is 0 Å². The first-order chi connectivity index (χ1) is 8.27. The first kappa shape index (κ1) is 14.3. The van der Waals surface area contributed by atoms with Crippen LogP contribution >= 0.6 is 0 Å². The second-order valence-corrected chi connectivity index (χ2v) is 5.37. The highest BCUT2D eigenvalue weighted by Crippen LogP contribution is 2.28. The Balaban J connectivity index is 3.05. The minimum absolute atomic E-state index is 0.179. The predicted octanol–water partition coefficient (Wildman–Crippen LogP) is 4.17. The largest absolute Gasteiger partial charge is 0.465 e. The fraction of sp³-hybridized carbons (Fsp3) is 0.400. The van der Waals surface area contributed by atoms with Gasteiger partial charge in [-0.2, -0.15) is 0 Å². The van der Waals surface area contributed by atoms with Crippen molar-refractivity contribution in [3.05, 3.63) is 42.0 Å². The molecule has 0 heterocycles. The SMILES string of the molecule is C=Cc1ccc([C@H](C)N(C(=O)O)C(C)(C)C)cc1. The molecule has 0 saturated carbocycles. The van der Waals surface area contributed by atoms with Crippen LogP contribution < -0.4 is 0 Å². The summed E-state index contributed by atoms with van der Waals surface area (Å²) in [5, 5.41) is 9.35. The van der Waals surface area contributed by atoms with E-state index in [9.17, 15) is 9.90 Å². The zero-order chi connectivity index (χ0) is 13.9. The molecule has 0 unspecified atom stereocenters. The molecule has 0 saturated heterocycles. The van der Waals surface area contributed by atoms with Crippen molar-refractivity contribution >= 4 is 12.2 Å². The molecule has 98 valence electrons. The summed E-state index contributed by atoms with van der Waals surface area (Å²) in [6.07, 6.45) is 0.871. The number of nitrogens with zero attached hydrogens (tertiary/aromatic N) is 1. The van der Waals surface area contributed by atoms with Crippen LogP contribution in [0.5, 0.6) is 0 Å². The van der Waals surface area contributed by atoms with Gasteiger partial charge in [-0.3, -0.25) is 4.90 Å². The van der Waals surface area contributed by atoms with Crippen molar-refractivity contribution < 1.29 is 9.90 Å². The number of carbonyl (C=O) groups is 1. The predicted molar refractivity (Wildman–Crippen MR) is 74.6 cm³/mol. The quantitative estimate of drug-likeness (QED) is 0.870. The maximum Gasteiger partial charge on any atom is 0.408 e. The summed E-state index contributed by atoms with van der Waals surface area (Å²) >= 11 is 0. The van der Waals surface area contributed by atoms with Crippen molar-refractivity contribution in [2.75, 3.05) is 0 Å². The molecule has 1 N–H and O–H groups in total. The highest BCUT2D eigenvalue weighted by Gasteiger charge is 2.31. The molecule has 0 fully saturated rings. The Labute approximate surface area is 109 Å². The van der Waals surface area contributed by atoms with Crippen LogP contribution in [-0.2, 0) is 0 Å². The number of hydrogen-bond donors (Lipinski definition) is 1. The highest BCUT2D eigenvalue weighted by molar-refractivity contribution is 5.67. The number of carboxylic acid groups (broad SMARTS) is 1. The molecular formula is C15H21NO2. The van der Waals surface area contributed by atoms with Gasteiger partial charge in [-0.25, -0.2) is 4.79 Å². The fourth-order valence-corrected chi connectivity index (χ4v) is 2.09. The van der Waals surface area contributed by atoms with Crippen LogP contribution in [0.25, 0.3) is 6.08 Å². The zero-order valence-corrected chi connectivity index (χ0v) is 11.5. The summed E-state index contributed by atoms with van der Waals surface area (Å²) in [6, 6.07) is 7.61. The second kappa shape index (κ2) is 5.25. The van der Waals surface area contributed by atoms with Crippen LogP contribution in [-0.4, -0.2) is 21.6 Å². The average molecular weight is 247 g/mol. The molecular weight excluding hydrogens is 226 g/mol. The van der Waals surface area contributed by atoms with Gasteiger partial charge in [0.05, 0.1) is 6.04 Å². The molecule has 1 atom stereocenters. The van der Waals surface area contributed by atoms with E-state index in [1.165, 1.54) is 4.90 Å².